The van der Waals surface area contributed by atoms with Crippen molar-refractivity contribution >= 4 is 40.2 Å². The second-order valence-corrected chi connectivity index (χ2v) is 5.44. The van der Waals surface area contributed by atoms with E-state index in [9.17, 15) is 4.79 Å². The SMILES string of the molecule is O=C(O)c1ccnc(Sc2ncnc3ccccc23)c1Cl. The van der Waals surface area contributed by atoms with Gasteiger partial charge in [-0.1, -0.05) is 29.8 Å². The van der Waals surface area contributed by atoms with Crippen molar-refractivity contribution in [1.82, 2.24) is 15.0 Å². The van der Waals surface area contributed by atoms with Gasteiger partial charge >= 0.3 is 5.97 Å². The van der Waals surface area contributed by atoms with Crippen LogP contribution in [0.5, 0.6) is 0 Å². The molecule has 3 rings (SSSR count). The first-order valence-corrected chi connectivity index (χ1v) is 7.11. The molecule has 1 N–H and O–H groups in total. The summed E-state index contributed by atoms with van der Waals surface area (Å²) in [6.45, 7) is 0. The molecule has 104 valence electrons. The zero-order valence-corrected chi connectivity index (χ0v) is 12.1. The number of nitrogens with zero attached hydrogens (tertiary/aromatic N) is 3. The summed E-state index contributed by atoms with van der Waals surface area (Å²) >= 11 is 7.32. The molecular weight excluding hydrogens is 310 g/mol. The number of pyridine rings is 1. The highest BCUT2D eigenvalue weighted by Gasteiger charge is 2.15. The molecule has 0 radical (unpaired) electrons. The topological polar surface area (TPSA) is 76.0 Å². The molecule has 2 aromatic heterocycles. The lowest BCUT2D eigenvalue weighted by atomic mass is 10.2. The summed E-state index contributed by atoms with van der Waals surface area (Å²) in [5.41, 5.74) is 0.827. The standard InChI is InChI=1S/C14H8ClN3O2S/c15-11-9(14(19)20)5-6-16-13(11)21-12-8-3-1-2-4-10(8)17-7-18-12/h1-7H,(H,19,20). The van der Waals surface area contributed by atoms with E-state index in [-0.39, 0.29) is 10.6 Å². The molecular formula is C14H8ClN3O2S. The lowest BCUT2D eigenvalue weighted by molar-refractivity contribution is 0.0696. The fourth-order valence-corrected chi connectivity index (χ4v) is 3.00. The molecule has 0 aliphatic carbocycles. The van der Waals surface area contributed by atoms with Crippen molar-refractivity contribution in [2.75, 3.05) is 0 Å². The highest BCUT2D eigenvalue weighted by atomic mass is 35.5. The number of benzene rings is 1. The lowest BCUT2D eigenvalue weighted by Gasteiger charge is -2.06. The molecule has 0 saturated carbocycles. The number of carbonyl (C=O) groups is 1. The average molecular weight is 318 g/mol. The third-order valence-corrected chi connectivity index (χ3v) is 4.30. The first-order valence-electron chi connectivity index (χ1n) is 5.92. The molecule has 0 aliphatic rings. The van der Waals surface area contributed by atoms with Gasteiger partial charge in [-0.2, -0.15) is 0 Å². The fraction of sp³-hybridized carbons (Fsp3) is 0. The van der Waals surface area contributed by atoms with Crippen LogP contribution in [-0.2, 0) is 0 Å². The number of fused-ring (bicyclic) bond motifs is 1. The van der Waals surface area contributed by atoms with E-state index in [2.05, 4.69) is 15.0 Å². The van der Waals surface area contributed by atoms with E-state index >= 15 is 0 Å². The number of carboxylic acids is 1. The van der Waals surface area contributed by atoms with Crippen molar-refractivity contribution in [1.29, 1.82) is 0 Å². The van der Waals surface area contributed by atoms with E-state index in [0.29, 0.717) is 10.1 Å². The number of aromatic nitrogens is 3. The van der Waals surface area contributed by atoms with Crippen LogP contribution < -0.4 is 0 Å². The summed E-state index contributed by atoms with van der Waals surface area (Å²) in [7, 11) is 0. The molecule has 7 heteroatoms. The van der Waals surface area contributed by atoms with Gasteiger partial charge in [-0.05, 0) is 23.9 Å². The van der Waals surface area contributed by atoms with E-state index in [4.69, 9.17) is 16.7 Å². The summed E-state index contributed by atoms with van der Waals surface area (Å²) < 4.78 is 0. The normalized spacial score (nSPS) is 10.7. The maximum atomic E-state index is 11.1. The van der Waals surface area contributed by atoms with Crippen molar-refractivity contribution < 1.29 is 9.90 Å². The Morgan fingerprint density at radius 3 is 2.71 bits per heavy atom. The number of carboxylic acid groups (broad SMARTS) is 1. The van der Waals surface area contributed by atoms with E-state index in [1.807, 2.05) is 24.3 Å². The number of aromatic carboxylic acids is 1. The minimum absolute atomic E-state index is 0.0209. The van der Waals surface area contributed by atoms with E-state index < -0.39 is 5.97 Å². The smallest absolute Gasteiger partial charge is 0.337 e. The number of hydrogen-bond donors (Lipinski definition) is 1. The fourth-order valence-electron chi connectivity index (χ4n) is 1.81. The second kappa shape index (κ2) is 5.67. The molecule has 3 aromatic rings. The van der Waals surface area contributed by atoms with Crippen molar-refractivity contribution in [2.45, 2.75) is 10.1 Å². The maximum absolute atomic E-state index is 11.1. The van der Waals surface area contributed by atoms with Gasteiger partial charge in [-0.15, -0.1) is 0 Å². The van der Waals surface area contributed by atoms with Crippen LogP contribution in [0.15, 0.2) is 52.9 Å². The number of hydrogen-bond acceptors (Lipinski definition) is 5. The van der Waals surface area contributed by atoms with Crippen LogP contribution in [0.3, 0.4) is 0 Å². The molecule has 0 unspecified atom stereocenters. The Morgan fingerprint density at radius 1 is 1.10 bits per heavy atom. The summed E-state index contributed by atoms with van der Waals surface area (Å²) in [6, 6.07) is 8.92. The Balaban J connectivity index is 2.07. The van der Waals surface area contributed by atoms with Crippen LogP contribution in [-0.4, -0.2) is 26.0 Å². The van der Waals surface area contributed by atoms with Crippen LogP contribution in [0.25, 0.3) is 10.9 Å². The summed E-state index contributed by atoms with van der Waals surface area (Å²) in [5, 5.41) is 11.1. The van der Waals surface area contributed by atoms with Crippen LogP contribution in [0.2, 0.25) is 5.02 Å². The molecule has 0 amide bonds. The molecule has 0 aliphatic heterocycles. The molecule has 0 saturated heterocycles. The van der Waals surface area contributed by atoms with Crippen LogP contribution in [0.4, 0.5) is 0 Å². The molecule has 1 aromatic carbocycles. The van der Waals surface area contributed by atoms with Gasteiger partial charge in [-0.3, -0.25) is 0 Å². The highest BCUT2D eigenvalue weighted by molar-refractivity contribution is 7.99. The predicted octanol–water partition coefficient (Wildman–Crippen LogP) is 3.53. The molecule has 0 bridgehead atoms. The van der Waals surface area contributed by atoms with Gasteiger partial charge in [0.05, 0.1) is 16.1 Å². The maximum Gasteiger partial charge on any atom is 0.337 e. The summed E-state index contributed by atoms with van der Waals surface area (Å²) in [4.78, 5) is 23.6. The molecule has 0 fully saturated rings. The first kappa shape index (κ1) is 13.8. The number of halogens is 1. The Bertz CT molecular complexity index is 836. The lowest BCUT2D eigenvalue weighted by Crippen LogP contribution is -1.99. The van der Waals surface area contributed by atoms with Crippen molar-refractivity contribution in [3.63, 3.8) is 0 Å². The Kier molecular flexibility index (Phi) is 3.72. The Hall–Kier alpha value is -2.18. The highest BCUT2D eigenvalue weighted by Crippen LogP contribution is 2.35. The zero-order chi connectivity index (χ0) is 14.8. The van der Waals surface area contributed by atoms with Gasteiger partial charge < -0.3 is 5.11 Å². The van der Waals surface area contributed by atoms with Crippen LogP contribution in [0.1, 0.15) is 10.4 Å². The Morgan fingerprint density at radius 2 is 1.90 bits per heavy atom. The van der Waals surface area contributed by atoms with Crippen LogP contribution in [0, 0.1) is 0 Å². The van der Waals surface area contributed by atoms with Crippen molar-refractivity contribution in [2.24, 2.45) is 0 Å². The largest absolute Gasteiger partial charge is 0.478 e. The summed E-state index contributed by atoms with van der Waals surface area (Å²) in [5.74, 6) is -1.09. The third kappa shape index (κ3) is 2.68. The monoisotopic (exact) mass is 317 g/mol. The van der Waals surface area contributed by atoms with Gasteiger partial charge in [0.15, 0.2) is 0 Å². The van der Waals surface area contributed by atoms with Crippen LogP contribution >= 0.6 is 23.4 Å². The molecule has 0 spiro atoms. The van der Waals surface area contributed by atoms with Crippen molar-refractivity contribution in [3.05, 3.63) is 53.4 Å². The molecule has 2 heterocycles. The zero-order valence-electron chi connectivity index (χ0n) is 10.5. The Labute approximate surface area is 129 Å². The van der Waals surface area contributed by atoms with E-state index in [1.54, 1.807) is 0 Å². The summed E-state index contributed by atoms with van der Waals surface area (Å²) in [6.07, 6.45) is 2.88. The quantitative estimate of drug-likeness (QED) is 0.745. The second-order valence-electron chi connectivity index (χ2n) is 4.08. The van der Waals surface area contributed by atoms with Crippen molar-refractivity contribution in [3.8, 4) is 0 Å². The molecule has 5 nitrogen and oxygen atoms in total. The van der Waals surface area contributed by atoms with Gasteiger partial charge in [0, 0.05) is 11.6 Å². The van der Waals surface area contributed by atoms with Gasteiger partial charge in [-0.25, -0.2) is 19.7 Å². The first-order chi connectivity index (χ1) is 10.2. The minimum Gasteiger partial charge on any atom is -0.478 e. The minimum atomic E-state index is -1.09. The molecule has 0 atom stereocenters. The third-order valence-electron chi connectivity index (χ3n) is 2.79. The molecule has 21 heavy (non-hydrogen) atoms. The average Bonchev–Trinajstić information content (AvgIpc) is 2.49. The van der Waals surface area contributed by atoms with E-state index in [1.165, 1.54) is 30.4 Å². The van der Waals surface area contributed by atoms with Gasteiger partial charge in [0.1, 0.15) is 16.4 Å². The predicted molar refractivity (Wildman–Crippen MR) is 79.9 cm³/mol. The number of rotatable bonds is 3. The van der Waals surface area contributed by atoms with Gasteiger partial charge in [0.25, 0.3) is 0 Å². The van der Waals surface area contributed by atoms with E-state index in [0.717, 1.165) is 10.9 Å². The van der Waals surface area contributed by atoms with Gasteiger partial charge in [0.2, 0.25) is 0 Å². The number of para-hydroxylation sites is 1.